The van der Waals surface area contributed by atoms with E-state index in [4.69, 9.17) is 0 Å². The van der Waals surface area contributed by atoms with Crippen LogP contribution in [0.2, 0.25) is 0 Å². The Labute approximate surface area is 190 Å². The smallest absolute Gasteiger partial charge is 0.240 e. The summed E-state index contributed by atoms with van der Waals surface area (Å²) in [6, 6.07) is 10.8. The lowest BCUT2D eigenvalue weighted by Gasteiger charge is -2.18. The number of sulfonamides is 1. The van der Waals surface area contributed by atoms with Gasteiger partial charge in [-0.3, -0.25) is 4.79 Å². The first kappa shape index (κ1) is 22.1. The number of aryl methyl sites for hydroxylation is 2. The average molecular weight is 471 g/mol. The minimum Gasteiger partial charge on any atom is -0.340 e. The van der Waals surface area contributed by atoms with Crippen molar-refractivity contribution in [3.05, 3.63) is 53.7 Å². The van der Waals surface area contributed by atoms with Crippen LogP contribution in [0.3, 0.4) is 0 Å². The fraction of sp³-hybridized carbons (Fsp3) is 0.190. The Morgan fingerprint density at radius 2 is 1.78 bits per heavy atom. The minimum absolute atomic E-state index is 0.0258. The summed E-state index contributed by atoms with van der Waals surface area (Å²) < 4.78 is 26.8. The van der Waals surface area contributed by atoms with Crippen molar-refractivity contribution in [2.24, 2.45) is 0 Å². The Balaban J connectivity index is 1.58. The zero-order valence-electron chi connectivity index (χ0n) is 17.7. The lowest BCUT2D eigenvalue weighted by atomic mass is 10.2. The number of hydrogen-bond donors (Lipinski definition) is 4. The van der Waals surface area contributed by atoms with Gasteiger partial charge in [0.15, 0.2) is 0 Å². The van der Waals surface area contributed by atoms with Crippen LogP contribution >= 0.6 is 11.8 Å². The summed E-state index contributed by atoms with van der Waals surface area (Å²) >= 11 is 1.50. The number of carbonyl (C=O) groups excluding carboxylic acids is 1. The van der Waals surface area contributed by atoms with Crippen LogP contribution in [0.5, 0.6) is 0 Å². The number of carbonyl (C=O) groups is 1. The molecule has 0 atom stereocenters. The highest BCUT2D eigenvalue weighted by Gasteiger charge is 2.17. The molecule has 32 heavy (non-hydrogen) atoms. The van der Waals surface area contributed by atoms with Crippen LogP contribution < -0.4 is 20.7 Å². The lowest BCUT2D eigenvalue weighted by Crippen LogP contribution is -2.19. The summed E-state index contributed by atoms with van der Waals surface area (Å²) in [5.41, 5.74) is 3.55. The highest BCUT2D eigenvalue weighted by Crippen LogP contribution is 2.34. The molecule has 1 aliphatic heterocycles. The second kappa shape index (κ2) is 8.77. The van der Waals surface area contributed by atoms with Gasteiger partial charge < -0.3 is 16.0 Å². The highest BCUT2D eigenvalue weighted by molar-refractivity contribution is 8.00. The number of thioether (sulfide) groups is 1. The van der Waals surface area contributed by atoms with Crippen LogP contribution in [0.4, 0.5) is 28.8 Å². The molecular weight excluding hydrogens is 448 g/mol. The van der Waals surface area contributed by atoms with Crippen LogP contribution in [0.25, 0.3) is 0 Å². The van der Waals surface area contributed by atoms with E-state index in [1.165, 1.54) is 18.8 Å². The lowest BCUT2D eigenvalue weighted by molar-refractivity contribution is -0.113. The Kier molecular flexibility index (Phi) is 6.04. The van der Waals surface area contributed by atoms with E-state index in [0.29, 0.717) is 28.8 Å². The first-order valence-corrected chi connectivity index (χ1v) is 12.2. The van der Waals surface area contributed by atoms with E-state index in [1.54, 1.807) is 31.3 Å². The van der Waals surface area contributed by atoms with E-state index in [9.17, 15) is 13.2 Å². The Morgan fingerprint density at radius 3 is 2.56 bits per heavy atom. The fourth-order valence-corrected chi connectivity index (χ4v) is 4.92. The molecule has 9 nitrogen and oxygen atoms in total. The highest BCUT2D eigenvalue weighted by atomic mass is 32.2. The van der Waals surface area contributed by atoms with Crippen LogP contribution in [0.1, 0.15) is 11.1 Å². The van der Waals surface area contributed by atoms with Gasteiger partial charge in [0.25, 0.3) is 0 Å². The molecule has 0 bridgehead atoms. The normalized spacial score (nSPS) is 13.3. The SMILES string of the molecule is CNS(=O)(=O)c1cc(Nc2ncc(C)c(Nc3ccc4c(c3)NC(=O)CS4)n2)ccc1C. The molecule has 2 aromatic carbocycles. The maximum absolute atomic E-state index is 12.2. The number of anilines is 5. The minimum atomic E-state index is -3.59. The average Bonchev–Trinajstić information content (AvgIpc) is 2.77. The Morgan fingerprint density at radius 1 is 1.03 bits per heavy atom. The summed E-state index contributed by atoms with van der Waals surface area (Å²) in [6.07, 6.45) is 1.67. The maximum Gasteiger partial charge on any atom is 0.240 e. The largest absolute Gasteiger partial charge is 0.340 e. The standard InChI is InChI=1S/C21H22N6O3S2/c1-12-4-5-15(9-18(12)32(29,30)22-3)25-21-23-10-13(2)20(27-21)24-14-6-7-17-16(8-14)26-19(28)11-31-17/h4-10,22H,11H2,1-3H3,(H,26,28)(H2,23,24,25,27). The quantitative estimate of drug-likeness (QED) is 0.431. The molecule has 1 aromatic heterocycles. The van der Waals surface area contributed by atoms with Gasteiger partial charge >= 0.3 is 0 Å². The molecule has 11 heteroatoms. The van der Waals surface area contributed by atoms with Gasteiger partial charge in [0.1, 0.15) is 5.82 Å². The number of hydrogen-bond acceptors (Lipinski definition) is 8. The van der Waals surface area contributed by atoms with Crippen molar-refractivity contribution in [1.82, 2.24) is 14.7 Å². The number of nitrogens with zero attached hydrogens (tertiary/aromatic N) is 2. The van der Waals surface area contributed by atoms with E-state index >= 15 is 0 Å². The molecule has 3 aromatic rings. The van der Waals surface area contributed by atoms with Gasteiger partial charge in [-0.1, -0.05) is 6.07 Å². The molecule has 0 unspecified atom stereocenters. The third-order valence-electron chi connectivity index (χ3n) is 4.85. The van der Waals surface area contributed by atoms with Crippen molar-refractivity contribution in [2.75, 3.05) is 28.8 Å². The van der Waals surface area contributed by atoms with Crippen LogP contribution in [0, 0.1) is 13.8 Å². The topological polar surface area (TPSA) is 125 Å². The molecule has 0 saturated carbocycles. The Hall–Kier alpha value is -3.15. The molecule has 0 aliphatic carbocycles. The van der Waals surface area contributed by atoms with Crippen molar-refractivity contribution < 1.29 is 13.2 Å². The van der Waals surface area contributed by atoms with Crippen LogP contribution in [-0.4, -0.2) is 37.1 Å². The molecule has 0 fully saturated rings. The van der Waals surface area contributed by atoms with Gasteiger partial charge in [-0.05, 0) is 56.8 Å². The third-order valence-corrected chi connectivity index (χ3v) is 7.48. The first-order chi connectivity index (χ1) is 15.2. The molecule has 4 N–H and O–H groups in total. The van der Waals surface area contributed by atoms with Crippen molar-refractivity contribution in [3.63, 3.8) is 0 Å². The van der Waals surface area contributed by atoms with E-state index in [0.717, 1.165) is 21.8 Å². The zero-order chi connectivity index (χ0) is 22.9. The molecule has 4 rings (SSSR count). The number of benzene rings is 2. The molecule has 1 amide bonds. The van der Waals surface area contributed by atoms with Gasteiger partial charge in [-0.2, -0.15) is 4.98 Å². The number of amides is 1. The zero-order valence-corrected chi connectivity index (χ0v) is 19.3. The van der Waals surface area contributed by atoms with Crippen molar-refractivity contribution in [1.29, 1.82) is 0 Å². The van der Waals surface area contributed by atoms with E-state index < -0.39 is 10.0 Å². The molecule has 2 heterocycles. The van der Waals surface area contributed by atoms with Crippen LogP contribution in [-0.2, 0) is 14.8 Å². The number of aromatic nitrogens is 2. The second-order valence-electron chi connectivity index (χ2n) is 7.21. The van der Waals surface area contributed by atoms with Gasteiger partial charge in [0, 0.05) is 28.0 Å². The predicted molar refractivity (Wildman–Crippen MR) is 127 cm³/mol. The van der Waals surface area contributed by atoms with Crippen molar-refractivity contribution >= 4 is 56.5 Å². The summed E-state index contributed by atoms with van der Waals surface area (Å²) in [6.45, 7) is 3.61. The van der Waals surface area contributed by atoms with E-state index in [1.807, 2.05) is 25.1 Å². The predicted octanol–water partition coefficient (Wildman–Crippen LogP) is 3.53. The van der Waals surface area contributed by atoms with Crippen LogP contribution in [0.15, 0.2) is 52.4 Å². The molecule has 166 valence electrons. The second-order valence-corrected chi connectivity index (χ2v) is 10.1. The summed E-state index contributed by atoms with van der Waals surface area (Å²) in [4.78, 5) is 21.7. The van der Waals surface area contributed by atoms with E-state index in [-0.39, 0.29) is 10.8 Å². The van der Waals surface area contributed by atoms with E-state index in [2.05, 4.69) is 30.6 Å². The van der Waals surface area contributed by atoms with Gasteiger partial charge in [-0.25, -0.2) is 18.1 Å². The molecule has 0 radical (unpaired) electrons. The summed E-state index contributed by atoms with van der Waals surface area (Å²) in [7, 11) is -2.21. The molecular formula is C21H22N6O3S2. The number of fused-ring (bicyclic) bond motifs is 1. The van der Waals surface area contributed by atoms with Crippen molar-refractivity contribution in [2.45, 2.75) is 23.6 Å². The maximum atomic E-state index is 12.2. The third kappa shape index (κ3) is 4.69. The fourth-order valence-electron chi connectivity index (χ4n) is 3.13. The molecule has 1 aliphatic rings. The Bertz CT molecular complexity index is 1310. The molecule has 0 spiro atoms. The summed E-state index contributed by atoms with van der Waals surface area (Å²) in [5.74, 6) is 1.29. The van der Waals surface area contributed by atoms with Gasteiger partial charge in [-0.15, -0.1) is 11.8 Å². The number of nitrogens with one attached hydrogen (secondary N) is 4. The number of rotatable bonds is 6. The summed E-state index contributed by atoms with van der Waals surface area (Å²) in [5, 5.41) is 9.19. The molecule has 0 saturated heterocycles. The van der Waals surface area contributed by atoms with Gasteiger partial charge in [0.2, 0.25) is 21.9 Å². The monoisotopic (exact) mass is 470 g/mol. The van der Waals surface area contributed by atoms with Crippen molar-refractivity contribution in [3.8, 4) is 0 Å². The van der Waals surface area contributed by atoms with Gasteiger partial charge in [0.05, 0.1) is 16.3 Å². The first-order valence-electron chi connectivity index (χ1n) is 9.74.